The SMILES string of the molecule is Cc1c(C)c2c(c(C)c1O)CCC(C)(C(=O)NC1CCN(C)CC1)O2.Cl. The number of nitrogens with zero attached hydrogens (tertiary/aromatic N) is 1. The second kappa shape index (κ2) is 7.65. The average Bonchev–Trinajstić information content (AvgIpc) is 2.60. The van der Waals surface area contributed by atoms with Crippen LogP contribution in [0.3, 0.4) is 0 Å². The molecule has 0 saturated carbocycles. The quantitative estimate of drug-likeness (QED) is 0.825. The molecule has 0 bridgehead atoms. The molecular formula is C20H31ClN2O3. The second-order valence-corrected chi connectivity index (χ2v) is 7.92. The summed E-state index contributed by atoms with van der Waals surface area (Å²) in [6.07, 6.45) is 3.34. The predicted octanol–water partition coefficient (Wildman–Crippen LogP) is 3.03. The lowest BCUT2D eigenvalue weighted by atomic mass is 9.86. The minimum atomic E-state index is -0.850. The largest absolute Gasteiger partial charge is 0.507 e. The number of hydrogen-bond acceptors (Lipinski definition) is 4. The fourth-order valence-electron chi connectivity index (χ4n) is 3.90. The van der Waals surface area contributed by atoms with Gasteiger partial charge in [-0.3, -0.25) is 4.79 Å². The highest BCUT2D eigenvalue weighted by Crippen LogP contribution is 2.43. The summed E-state index contributed by atoms with van der Waals surface area (Å²) < 4.78 is 6.26. The van der Waals surface area contributed by atoms with Gasteiger partial charge in [0.15, 0.2) is 5.60 Å². The summed E-state index contributed by atoms with van der Waals surface area (Å²) in [7, 11) is 2.11. The van der Waals surface area contributed by atoms with Crippen LogP contribution >= 0.6 is 12.4 Å². The molecule has 2 aliphatic rings. The summed E-state index contributed by atoms with van der Waals surface area (Å²) in [4.78, 5) is 15.2. The zero-order valence-corrected chi connectivity index (χ0v) is 17.3. The van der Waals surface area contributed by atoms with Crippen LogP contribution in [0.1, 0.15) is 48.4 Å². The van der Waals surface area contributed by atoms with Crippen LogP contribution in [0.15, 0.2) is 0 Å². The van der Waals surface area contributed by atoms with Crippen LogP contribution in [-0.4, -0.2) is 47.7 Å². The molecule has 1 amide bonds. The Hall–Kier alpha value is -1.46. The van der Waals surface area contributed by atoms with Crippen LogP contribution < -0.4 is 10.1 Å². The van der Waals surface area contributed by atoms with Crippen molar-refractivity contribution in [2.75, 3.05) is 20.1 Å². The molecule has 1 unspecified atom stereocenters. The van der Waals surface area contributed by atoms with E-state index < -0.39 is 5.60 Å². The number of aromatic hydroxyl groups is 1. The first-order valence-corrected chi connectivity index (χ1v) is 9.23. The van der Waals surface area contributed by atoms with Crippen LogP contribution in [0.2, 0.25) is 0 Å². The Morgan fingerprint density at radius 3 is 2.42 bits per heavy atom. The van der Waals surface area contributed by atoms with Gasteiger partial charge in [-0.1, -0.05) is 0 Å². The van der Waals surface area contributed by atoms with E-state index in [4.69, 9.17) is 4.74 Å². The third-order valence-corrected chi connectivity index (χ3v) is 6.05. The van der Waals surface area contributed by atoms with E-state index >= 15 is 0 Å². The van der Waals surface area contributed by atoms with Crippen molar-refractivity contribution in [2.45, 2.75) is 65.0 Å². The van der Waals surface area contributed by atoms with Gasteiger partial charge >= 0.3 is 0 Å². The normalized spacial score (nSPS) is 23.6. The summed E-state index contributed by atoms with van der Waals surface area (Å²) in [6, 6.07) is 0.231. The number of phenolic OH excluding ortho intramolecular Hbond substituents is 1. The van der Waals surface area contributed by atoms with Crippen LogP contribution in [0.4, 0.5) is 0 Å². The van der Waals surface area contributed by atoms with E-state index in [9.17, 15) is 9.90 Å². The Bertz CT molecular complexity index is 699. The lowest BCUT2D eigenvalue weighted by Crippen LogP contribution is -2.55. The third kappa shape index (κ3) is 3.65. The minimum Gasteiger partial charge on any atom is -0.507 e. The van der Waals surface area contributed by atoms with Crippen LogP contribution in [0, 0.1) is 20.8 Å². The van der Waals surface area contributed by atoms with Crippen LogP contribution in [-0.2, 0) is 11.2 Å². The van der Waals surface area contributed by atoms with Gasteiger partial charge in [-0.25, -0.2) is 0 Å². The van der Waals surface area contributed by atoms with Gasteiger partial charge in [0, 0.05) is 18.0 Å². The van der Waals surface area contributed by atoms with Crippen molar-refractivity contribution in [3.63, 3.8) is 0 Å². The number of nitrogens with one attached hydrogen (secondary N) is 1. The summed E-state index contributed by atoms with van der Waals surface area (Å²) in [6.45, 7) is 9.69. The van der Waals surface area contributed by atoms with E-state index in [1.54, 1.807) is 0 Å². The molecule has 2 N–H and O–H groups in total. The standard InChI is InChI=1S/C20H30N2O3.ClH/c1-12-13(2)18-16(14(3)17(12)23)6-9-20(4,25-18)19(24)21-15-7-10-22(5)11-8-15;/h15,23H,6-11H2,1-5H3,(H,21,24);1H. The maximum atomic E-state index is 12.9. The van der Waals surface area contributed by atoms with E-state index in [0.717, 1.165) is 60.4 Å². The van der Waals surface area contributed by atoms with E-state index in [2.05, 4.69) is 17.3 Å². The lowest BCUT2D eigenvalue weighted by Gasteiger charge is -2.38. The summed E-state index contributed by atoms with van der Waals surface area (Å²) in [5.41, 5.74) is 2.81. The molecule has 2 heterocycles. The molecule has 2 aliphatic heterocycles. The highest BCUT2D eigenvalue weighted by molar-refractivity contribution is 5.86. The van der Waals surface area contributed by atoms with E-state index in [1.807, 2.05) is 27.7 Å². The minimum absolute atomic E-state index is 0. The van der Waals surface area contributed by atoms with Crippen molar-refractivity contribution in [1.82, 2.24) is 10.2 Å². The second-order valence-electron chi connectivity index (χ2n) is 7.92. The molecule has 1 saturated heterocycles. The predicted molar refractivity (Wildman–Crippen MR) is 106 cm³/mol. The number of amides is 1. The Morgan fingerprint density at radius 1 is 1.19 bits per heavy atom. The van der Waals surface area contributed by atoms with Gasteiger partial charge in [-0.15, -0.1) is 12.4 Å². The van der Waals surface area contributed by atoms with Gasteiger partial charge in [0.1, 0.15) is 11.5 Å². The number of piperidine rings is 1. The highest BCUT2D eigenvalue weighted by atomic mass is 35.5. The molecule has 1 aromatic rings. The highest BCUT2D eigenvalue weighted by Gasteiger charge is 2.41. The Labute approximate surface area is 162 Å². The molecule has 0 aliphatic carbocycles. The monoisotopic (exact) mass is 382 g/mol. The first kappa shape index (κ1) is 20.8. The van der Waals surface area contributed by atoms with Gasteiger partial charge in [-0.05, 0) is 83.8 Å². The van der Waals surface area contributed by atoms with Crippen LogP contribution in [0.25, 0.3) is 0 Å². The maximum absolute atomic E-state index is 12.9. The zero-order valence-electron chi connectivity index (χ0n) is 16.4. The van der Waals surface area contributed by atoms with Gasteiger partial charge < -0.3 is 20.1 Å². The molecule has 26 heavy (non-hydrogen) atoms. The zero-order chi connectivity index (χ0) is 18.4. The van der Waals surface area contributed by atoms with Crippen molar-refractivity contribution >= 4 is 18.3 Å². The fraction of sp³-hybridized carbons (Fsp3) is 0.650. The molecule has 1 fully saturated rings. The Morgan fingerprint density at radius 2 is 1.81 bits per heavy atom. The number of rotatable bonds is 2. The molecular weight excluding hydrogens is 352 g/mol. The molecule has 0 spiro atoms. The number of ether oxygens (including phenoxy) is 1. The first-order valence-electron chi connectivity index (χ1n) is 9.23. The number of likely N-dealkylation sites (tertiary alicyclic amines) is 1. The number of hydrogen-bond donors (Lipinski definition) is 2. The first-order chi connectivity index (χ1) is 11.7. The number of fused-ring (bicyclic) bond motifs is 1. The average molecular weight is 383 g/mol. The number of carbonyl (C=O) groups is 1. The molecule has 1 aromatic carbocycles. The molecule has 6 heteroatoms. The van der Waals surface area contributed by atoms with Gasteiger partial charge in [0.2, 0.25) is 0 Å². The van der Waals surface area contributed by atoms with Gasteiger partial charge in [0.25, 0.3) is 5.91 Å². The van der Waals surface area contributed by atoms with Crippen molar-refractivity contribution in [2.24, 2.45) is 0 Å². The Kier molecular flexibility index (Phi) is 6.13. The lowest BCUT2D eigenvalue weighted by molar-refractivity contribution is -0.138. The number of phenols is 1. The Balaban J connectivity index is 0.00000243. The molecule has 1 atom stereocenters. The van der Waals surface area contributed by atoms with Crippen molar-refractivity contribution in [1.29, 1.82) is 0 Å². The van der Waals surface area contributed by atoms with Crippen molar-refractivity contribution in [3.8, 4) is 11.5 Å². The van der Waals surface area contributed by atoms with E-state index in [0.29, 0.717) is 12.2 Å². The van der Waals surface area contributed by atoms with Gasteiger partial charge in [0.05, 0.1) is 0 Å². The number of halogens is 1. The summed E-state index contributed by atoms with van der Waals surface area (Å²) >= 11 is 0. The smallest absolute Gasteiger partial charge is 0.264 e. The van der Waals surface area contributed by atoms with Gasteiger partial charge in [-0.2, -0.15) is 0 Å². The number of benzene rings is 1. The number of carbonyl (C=O) groups excluding carboxylic acids is 1. The third-order valence-electron chi connectivity index (χ3n) is 6.05. The summed E-state index contributed by atoms with van der Waals surface area (Å²) in [5, 5.41) is 13.5. The molecule has 0 aromatic heterocycles. The van der Waals surface area contributed by atoms with Crippen molar-refractivity contribution in [3.05, 3.63) is 22.3 Å². The molecule has 146 valence electrons. The van der Waals surface area contributed by atoms with E-state index in [1.165, 1.54) is 0 Å². The van der Waals surface area contributed by atoms with Crippen LogP contribution in [0.5, 0.6) is 11.5 Å². The topological polar surface area (TPSA) is 61.8 Å². The summed E-state index contributed by atoms with van der Waals surface area (Å²) in [5.74, 6) is 1.11. The molecule has 0 radical (unpaired) electrons. The maximum Gasteiger partial charge on any atom is 0.264 e. The molecule has 3 rings (SSSR count). The fourth-order valence-corrected chi connectivity index (χ4v) is 3.90. The van der Waals surface area contributed by atoms with Crippen molar-refractivity contribution < 1.29 is 14.6 Å². The van der Waals surface area contributed by atoms with E-state index in [-0.39, 0.29) is 24.4 Å². The molecule has 5 nitrogen and oxygen atoms in total.